The molecule has 0 atom stereocenters. The molecule has 0 bridgehead atoms. The summed E-state index contributed by atoms with van der Waals surface area (Å²) in [7, 11) is 0. The summed E-state index contributed by atoms with van der Waals surface area (Å²) in [5.41, 5.74) is 3.56. The van der Waals surface area contributed by atoms with Crippen LogP contribution in [0.4, 0.5) is 4.39 Å². The molecule has 0 radical (unpaired) electrons. The fraction of sp³-hybridized carbons (Fsp3) is 0.348. The van der Waals surface area contributed by atoms with Gasteiger partial charge in [0, 0.05) is 29.6 Å². The number of fused-ring (bicyclic) bond motifs is 1. The monoisotopic (exact) mass is 464 g/mol. The molecule has 2 heterocycles. The largest absolute Gasteiger partial charge is 0.493 e. The number of benzene rings is 2. The maximum absolute atomic E-state index is 13.4. The summed E-state index contributed by atoms with van der Waals surface area (Å²) in [6.45, 7) is 2.10. The third kappa shape index (κ3) is 5.70. The van der Waals surface area contributed by atoms with Gasteiger partial charge in [0.15, 0.2) is 5.76 Å². The van der Waals surface area contributed by atoms with Gasteiger partial charge in [0.25, 0.3) is 0 Å². The Balaban J connectivity index is 1.18. The van der Waals surface area contributed by atoms with Gasteiger partial charge in [-0.2, -0.15) is 0 Å². The average molecular weight is 465 g/mol. The average Bonchev–Trinajstić information content (AvgIpc) is 3.18. The molecular weight excluding hydrogens is 442 g/mol. The molecule has 31 heavy (non-hydrogen) atoms. The highest BCUT2D eigenvalue weighted by Crippen LogP contribution is 2.25. The SMILES string of the molecule is O=C(NN1CCC(CCCOc2ccc(Cl)c(F)c2)CC1)c1cc2cc(Cl)ccc2o1. The molecule has 1 amide bonds. The summed E-state index contributed by atoms with van der Waals surface area (Å²) in [5, 5.41) is 3.44. The highest BCUT2D eigenvalue weighted by molar-refractivity contribution is 6.31. The second kappa shape index (κ2) is 9.90. The van der Waals surface area contributed by atoms with Crippen LogP contribution in [0.3, 0.4) is 0 Å². The summed E-state index contributed by atoms with van der Waals surface area (Å²) < 4.78 is 24.7. The molecular formula is C23H23Cl2FN2O3. The molecule has 0 aliphatic carbocycles. The van der Waals surface area contributed by atoms with Crippen molar-refractivity contribution in [2.45, 2.75) is 25.7 Å². The number of hydrazine groups is 1. The van der Waals surface area contributed by atoms with Gasteiger partial charge in [-0.05, 0) is 68.0 Å². The molecule has 1 aromatic heterocycles. The molecule has 1 saturated heterocycles. The van der Waals surface area contributed by atoms with E-state index in [-0.39, 0.29) is 16.7 Å². The van der Waals surface area contributed by atoms with Crippen LogP contribution >= 0.6 is 23.2 Å². The lowest BCUT2D eigenvalue weighted by Gasteiger charge is -2.31. The van der Waals surface area contributed by atoms with E-state index in [9.17, 15) is 9.18 Å². The Morgan fingerprint density at radius 3 is 2.74 bits per heavy atom. The first kappa shape index (κ1) is 21.9. The molecule has 164 valence electrons. The summed E-state index contributed by atoms with van der Waals surface area (Å²) in [6.07, 6.45) is 3.90. The number of furan rings is 1. The first-order valence-electron chi connectivity index (χ1n) is 10.3. The fourth-order valence-corrected chi connectivity index (χ4v) is 4.09. The van der Waals surface area contributed by atoms with E-state index < -0.39 is 5.82 Å². The van der Waals surface area contributed by atoms with Crippen LogP contribution in [0.1, 0.15) is 36.2 Å². The van der Waals surface area contributed by atoms with Gasteiger partial charge in [-0.15, -0.1) is 0 Å². The Morgan fingerprint density at radius 2 is 1.97 bits per heavy atom. The van der Waals surface area contributed by atoms with E-state index >= 15 is 0 Å². The van der Waals surface area contributed by atoms with Crippen molar-refractivity contribution in [3.8, 4) is 5.75 Å². The van der Waals surface area contributed by atoms with Gasteiger partial charge in [-0.1, -0.05) is 23.2 Å². The van der Waals surface area contributed by atoms with Gasteiger partial charge in [0.05, 0.1) is 11.6 Å². The van der Waals surface area contributed by atoms with Gasteiger partial charge >= 0.3 is 5.91 Å². The predicted molar refractivity (Wildman–Crippen MR) is 119 cm³/mol. The number of carbonyl (C=O) groups excluding carboxylic acids is 1. The molecule has 1 N–H and O–H groups in total. The highest BCUT2D eigenvalue weighted by atomic mass is 35.5. The van der Waals surface area contributed by atoms with Gasteiger partial charge in [0.2, 0.25) is 0 Å². The van der Waals surface area contributed by atoms with E-state index in [1.807, 2.05) is 5.01 Å². The molecule has 0 spiro atoms. The summed E-state index contributed by atoms with van der Waals surface area (Å²) >= 11 is 11.7. The van der Waals surface area contributed by atoms with Crippen LogP contribution in [0.15, 0.2) is 46.9 Å². The lowest BCUT2D eigenvalue weighted by Crippen LogP contribution is -2.46. The Morgan fingerprint density at radius 1 is 1.16 bits per heavy atom. The minimum Gasteiger partial charge on any atom is -0.493 e. The second-order valence-corrected chi connectivity index (χ2v) is 8.57. The number of nitrogens with one attached hydrogen (secondary N) is 1. The number of hydrogen-bond acceptors (Lipinski definition) is 4. The van der Waals surface area contributed by atoms with Crippen LogP contribution in [-0.4, -0.2) is 30.6 Å². The maximum atomic E-state index is 13.4. The Kier molecular flexibility index (Phi) is 7.00. The zero-order chi connectivity index (χ0) is 21.8. The first-order valence-corrected chi connectivity index (χ1v) is 11.1. The normalized spacial score (nSPS) is 15.3. The summed E-state index contributed by atoms with van der Waals surface area (Å²) in [5.74, 6) is 0.615. The zero-order valence-electron chi connectivity index (χ0n) is 16.9. The zero-order valence-corrected chi connectivity index (χ0v) is 18.4. The number of rotatable bonds is 7. The van der Waals surface area contributed by atoms with Gasteiger partial charge in [-0.25, -0.2) is 9.40 Å². The van der Waals surface area contributed by atoms with Crippen molar-refractivity contribution < 1.29 is 18.3 Å². The van der Waals surface area contributed by atoms with Gasteiger partial charge in [-0.3, -0.25) is 10.2 Å². The Hall–Kier alpha value is -2.28. The third-order valence-corrected chi connectivity index (χ3v) is 6.03. The fourth-order valence-electron chi connectivity index (χ4n) is 3.79. The van der Waals surface area contributed by atoms with E-state index in [2.05, 4.69) is 5.43 Å². The molecule has 2 aromatic carbocycles. The van der Waals surface area contributed by atoms with E-state index in [0.717, 1.165) is 44.2 Å². The van der Waals surface area contributed by atoms with Crippen molar-refractivity contribution in [2.75, 3.05) is 19.7 Å². The summed E-state index contributed by atoms with van der Waals surface area (Å²) in [6, 6.07) is 11.4. The quantitative estimate of drug-likeness (QED) is 0.429. The first-order chi connectivity index (χ1) is 15.0. The topological polar surface area (TPSA) is 54.7 Å². The smallest absolute Gasteiger partial charge is 0.301 e. The minimum atomic E-state index is -0.472. The predicted octanol–water partition coefficient (Wildman–Crippen LogP) is 6.09. The second-order valence-electron chi connectivity index (χ2n) is 7.73. The maximum Gasteiger partial charge on any atom is 0.301 e. The van der Waals surface area contributed by atoms with Crippen molar-refractivity contribution in [2.24, 2.45) is 5.92 Å². The summed E-state index contributed by atoms with van der Waals surface area (Å²) in [4.78, 5) is 12.5. The van der Waals surface area contributed by atoms with Crippen LogP contribution < -0.4 is 10.2 Å². The van der Waals surface area contributed by atoms with E-state index in [4.69, 9.17) is 32.4 Å². The number of piperidine rings is 1. The highest BCUT2D eigenvalue weighted by Gasteiger charge is 2.22. The third-order valence-electron chi connectivity index (χ3n) is 5.49. The number of nitrogens with zero attached hydrogens (tertiary/aromatic N) is 1. The Bertz CT molecular complexity index is 1060. The van der Waals surface area contributed by atoms with Crippen LogP contribution in [-0.2, 0) is 0 Å². The van der Waals surface area contributed by atoms with Gasteiger partial charge in [0.1, 0.15) is 17.1 Å². The molecule has 1 aliphatic rings. The molecule has 0 unspecified atom stereocenters. The molecule has 0 saturated carbocycles. The lowest BCUT2D eigenvalue weighted by atomic mass is 9.93. The van der Waals surface area contributed by atoms with Crippen LogP contribution in [0.25, 0.3) is 11.0 Å². The van der Waals surface area contributed by atoms with E-state index in [1.165, 1.54) is 12.1 Å². The van der Waals surface area contributed by atoms with Crippen molar-refractivity contribution in [1.29, 1.82) is 0 Å². The molecule has 8 heteroatoms. The molecule has 1 fully saturated rings. The molecule has 3 aromatic rings. The van der Waals surface area contributed by atoms with Crippen LogP contribution in [0, 0.1) is 11.7 Å². The van der Waals surface area contributed by atoms with Crippen molar-refractivity contribution in [3.63, 3.8) is 0 Å². The van der Waals surface area contributed by atoms with Crippen molar-refractivity contribution in [1.82, 2.24) is 10.4 Å². The van der Waals surface area contributed by atoms with E-state index in [0.29, 0.717) is 28.9 Å². The van der Waals surface area contributed by atoms with Crippen LogP contribution in [0.5, 0.6) is 5.75 Å². The molecule has 1 aliphatic heterocycles. The van der Waals surface area contributed by atoms with Gasteiger partial charge < -0.3 is 9.15 Å². The lowest BCUT2D eigenvalue weighted by molar-refractivity contribution is 0.0668. The van der Waals surface area contributed by atoms with Crippen molar-refractivity contribution >= 4 is 40.1 Å². The van der Waals surface area contributed by atoms with Crippen LogP contribution in [0.2, 0.25) is 10.0 Å². The molecule has 5 nitrogen and oxygen atoms in total. The number of halogens is 3. The Labute approximate surface area is 190 Å². The number of hydrogen-bond donors (Lipinski definition) is 1. The minimum absolute atomic E-state index is 0.0934. The standard InChI is InChI=1S/C23H23Cl2FN2O3/c24-17-3-6-21-16(12-17)13-22(31-21)23(29)27-28-9-7-15(8-10-28)2-1-11-30-18-4-5-19(25)20(26)14-18/h3-6,12-15H,1-2,7-11H2,(H,27,29). The van der Waals surface area contributed by atoms with Crippen molar-refractivity contribution in [3.05, 3.63) is 64.1 Å². The number of ether oxygens (including phenoxy) is 1. The number of carbonyl (C=O) groups is 1. The van der Waals surface area contributed by atoms with E-state index in [1.54, 1.807) is 30.3 Å². The number of amides is 1. The molecule has 4 rings (SSSR count).